The van der Waals surface area contributed by atoms with Crippen LogP contribution in [-0.4, -0.2) is 70.5 Å². The Balaban J connectivity index is 0.990. The van der Waals surface area contributed by atoms with E-state index in [9.17, 15) is 34.2 Å². The highest BCUT2D eigenvalue weighted by molar-refractivity contribution is 5.98. The van der Waals surface area contributed by atoms with Gasteiger partial charge in [-0.25, -0.2) is 4.79 Å². The predicted molar refractivity (Wildman–Crippen MR) is 175 cm³/mol. The minimum absolute atomic E-state index is 0.00331. The quantitative estimate of drug-likeness (QED) is 0.249. The second-order valence-corrected chi connectivity index (χ2v) is 14.7. The molecule has 3 fully saturated rings. The summed E-state index contributed by atoms with van der Waals surface area (Å²) >= 11 is 0. The lowest BCUT2D eigenvalue weighted by molar-refractivity contribution is -0.170. The summed E-state index contributed by atoms with van der Waals surface area (Å²) in [5, 5.41) is 24.9. The van der Waals surface area contributed by atoms with Crippen molar-refractivity contribution in [2.75, 3.05) is 20.3 Å². The number of rotatable bonds is 11. The van der Waals surface area contributed by atoms with Crippen LogP contribution in [0.4, 0.5) is 0 Å². The number of aromatic carboxylic acids is 1. The van der Waals surface area contributed by atoms with Crippen LogP contribution in [0.5, 0.6) is 5.75 Å². The second-order valence-electron chi connectivity index (χ2n) is 14.7. The van der Waals surface area contributed by atoms with Gasteiger partial charge >= 0.3 is 11.9 Å². The topological polar surface area (TPSA) is 172 Å². The van der Waals surface area contributed by atoms with Crippen molar-refractivity contribution in [3.05, 3.63) is 41.1 Å². The highest BCUT2D eigenvalue weighted by Crippen LogP contribution is 2.67. The number of methoxy groups -OCH3 is 1. The highest BCUT2D eigenvalue weighted by atomic mass is 16.5. The normalized spacial score (nSPS) is 30.9. The number of aliphatic hydroxyl groups is 1. The van der Waals surface area contributed by atoms with Crippen molar-refractivity contribution in [1.82, 2.24) is 10.3 Å². The molecule has 11 heteroatoms. The van der Waals surface area contributed by atoms with E-state index >= 15 is 0 Å². The van der Waals surface area contributed by atoms with E-state index in [2.05, 4.69) is 17.2 Å². The van der Waals surface area contributed by atoms with Crippen LogP contribution in [-0.2, 0) is 30.3 Å². The first kappa shape index (κ1) is 33.9. The molecule has 0 radical (unpaired) electrons. The fraction of sp³-hybridized carbons (Fsp3) is 0.595. The molecule has 6 rings (SSSR count). The standard InChI is InChI=1S/C37H46N2O9/c1-35-14-10-22(40)18-21(35)4-6-25-27(35)11-15-36(2)28(25)12-16-37(36,46)30(41)20-48-32(43)9-8-31(42)38-17-13-24-26-19-23(47-3)5-7-29(26)39-33(24)34(44)45/h5,7,18-19,25,27-28,39,46H,4,6,8-17,20H2,1-3H3,(H,38,42)(H,44,45)/t25-,27-,28-,35+,36+,37+/m1/s1. The number of carbonyl (C=O) groups is 5. The lowest BCUT2D eigenvalue weighted by Crippen LogP contribution is -2.58. The van der Waals surface area contributed by atoms with E-state index in [1.165, 1.54) is 12.7 Å². The Kier molecular flexibility index (Phi) is 9.04. The number of carboxylic acids is 1. The zero-order valence-electron chi connectivity index (χ0n) is 28.0. The van der Waals surface area contributed by atoms with E-state index < -0.39 is 41.3 Å². The number of carboxylic acid groups (broad SMARTS) is 1. The van der Waals surface area contributed by atoms with Crippen molar-refractivity contribution in [1.29, 1.82) is 0 Å². The number of aromatic amines is 1. The third kappa shape index (κ3) is 5.73. The molecule has 0 saturated heterocycles. The van der Waals surface area contributed by atoms with Gasteiger partial charge < -0.3 is 30.0 Å². The number of amides is 1. The van der Waals surface area contributed by atoms with Gasteiger partial charge in [0.25, 0.3) is 0 Å². The molecule has 1 aromatic carbocycles. The summed E-state index contributed by atoms with van der Waals surface area (Å²) in [7, 11) is 1.52. The summed E-state index contributed by atoms with van der Waals surface area (Å²) in [5.41, 5.74) is 0.293. The maximum atomic E-state index is 13.5. The Bertz CT molecular complexity index is 1690. The molecule has 258 valence electrons. The van der Waals surface area contributed by atoms with Crippen molar-refractivity contribution in [2.45, 2.75) is 90.1 Å². The number of hydrogen-bond acceptors (Lipinski definition) is 8. The number of esters is 1. The lowest BCUT2D eigenvalue weighted by Gasteiger charge is -2.58. The van der Waals surface area contributed by atoms with Crippen molar-refractivity contribution >= 4 is 40.3 Å². The molecular weight excluding hydrogens is 616 g/mol. The van der Waals surface area contributed by atoms with Gasteiger partial charge in [-0.2, -0.15) is 0 Å². The largest absolute Gasteiger partial charge is 0.497 e. The van der Waals surface area contributed by atoms with Crippen LogP contribution >= 0.6 is 0 Å². The Morgan fingerprint density at radius 1 is 1.02 bits per heavy atom. The number of H-pyrrole nitrogens is 1. The summed E-state index contributed by atoms with van der Waals surface area (Å²) in [6.45, 7) is 3.94. The maximum absolute atomic E-state index is 13.5. The predicted octanol–water partition coefficient (Wildman–Crippen LogP) is 4.69. The number of carbonyl (C=O) groups excluding carboxylic acids is 4. The molecular formula is C37H46N2O9. The van der Waals surface area contributed by atoms with E-state index in [0.717, 1.165) is 32.1 Å². The molecule has 1 aromatic heterocycles. The molecule has 4 N–H and O–H groups in total. The fourth-order valence-corrected chi connectivity index (χ4v) is 9.80. The van der Waals surface area contributed by atoms with Crippen LogP contribution in [0.3, 0.4) is 0 Å². The van der Waals surface area contributed by atoms with E-state index in [1.807, 2.05) is 13.0 Å². The average molecular weight is 663 g/mol. The first-order chi connectivity index (χ1) is 22.8. The third-order valence-electron chi connectivity index (χ3n) is 12.5. The maximum Gasteiger partial charge on any atom is 0.352 e. The number of fused-ring (bicyclic) bond motifs is 6. The number of benzene rings is 1. The molecule has 0 aliphatic heterocycles. The first-order valence-electron chi connectivity index (χ1n) is 17.1. The zero-order valence-corrected chi connectivity index (χ0v) is 28.0. The average Bonchev–Trinajstić information content (AvgIpc) is 3.57. The van der Waals surface area contributed by atoms with Gasteiger partial charge in [0.1, 0.15) is 17.0 Å². The van der Waals surface area contributed by atoms with Gasteiger partial charge in [-0.3, -0.25) is 19.2 Å². The van der Waals surface area contributed by atoms with Gasteiger partial charge in [-0.1, -0.05) is 19.4 Å². The molecule has 0 unspecified atom stereocenters. The van der Waals surface area contributed by atoms with Crippen LogP contribution in [0.15, 0.2) is 29.8 Å². The number of hydrogen-bond donors (Lipinski definition) is 4. The van der Waals surface area contributed by atoms with E-state index in [0.29, 0.717) is 53.3 Å². The molecule has 2 aromatic rings. The van der Waals surface area contributed by atoms with E-state index in [-0.39, 0.29) is 48.6 Å². The second kappa shape index (κ2) is 12.8. The van der Waals surface area contributed by atoms with Gasteiger partial charge in [0.15, 0.2) is 12.4 Å². The Hall–Kier alpha value is -3.99. The van der Waals surface area contributed by atoms with Gasteiger partial charge in [0.05, 0.1) is 13.5 Å². The molecule has 0 bridgehead atoms. The number of nitrogens with one attached hydrogen (secondary N) is 2. The number of ether oxygens (including phenoxy) is 2. The smallest absolute Gasteiger partial charge is 0.352 e. The Morgan fingerprint density at radius 3 is 2.54 bits per heavy atom. The minimum atomic E-state index is -1.58. The van der Waals surface area contributed by atoms with E-state index in [1.54, 1.807) is 18.2 Å². The Labute approximate surface area is 279 Å². The Morgan fingerprint density at radius 2 is 1.79 bits per heavy atom. The highest BCUT2D eigenvalue weighted by Gasteiger charge is 2.66. The van der Waals surface area contributed by atoms with Crippen LogP contribution in [0.1, 0.15) is 94.1 Å². The SMILES string of the molecule is COc1ccc2[nH]c(C(=O)O)c(CCNC(=O)CCC(=O)OCC(=O)[C@@]3(O)CC[C@@H]4[C@@H]5CCC6=CC(=O)CC[C@]6(C)[C@@H]5CC[C@@]43C)c2c1. The number of allylic oxidation sites excluding steroid dienone is 1. The number of Topliss-reactive ketones (excluding diaryl/α,β-unsaturated/α-hetero) is 1. The molecule has 4 aliphatic rings. The summed E-state index contributed by atoms with van der Waals surface area (Å²) < 4.78 is 10.5. The summed E-state index contributed by atoms with van der Waals surface area (Å²) in [5.74, 6) is -0.929. The van der Waals surface area contributed by atoms with Gasteiger partial charge in [-0.05, 0) is 104 Å². The van der Waals surface area contributed by atoms with Gasteiger partial charge in [0, 0.05) is 35.7 Å². The molecule has 48 heavy (non-hydrogen) atoms. The van der Waals surface area contributed by atoms with Gasteiger partial charge in [0.2, 0.25) is 11.7 Å². The molecule has 1 amide bonds. The zero-order chi connectivity index (χ0) is 34.4. The van der Waals surface area contributed by atoms with Crippen LogP contribution < -0.4 is 10.1 Å². The van der Waals surface area contributed by atoms with Crippen molar-refractivity contribution in [2.24, 2.45) is 28.6 Å². The molecule has 11 nitrogen and oxygen atoms in total. The minimum Gasteiger partial charge on any atom is -0.497 e. The van der Waals surface area contributed by atoms with Crippen LogP contribution in [0.25, 0.3) is 10.9 Å². The number of ketones is 2. The van der Waals surface area contributed by atoms with E-state index in [4.69, 9.17) is 9.47 Å². The summed E-state index contributed by atoms with van der Waals surface area (Å²) in [4.78, 5) is 65.4. The molecule has 1 heterocycles. The summed E-state index contributed by atoms with van der Waals surface area (Å²) in [6.07, 6.45) is 7.67. The van der Waals surface area contributed by atoms with Crippen LogP contribution in [0.2, 0.25) is 0 Å². The molecule has 3 saturated carbocycles. The number of aromatic nitrogens is 1. The van der Waals surface area contributed by atoms with Crippen LogP contribution in [0, 0.1) is 28.6 Å². The first-order valence-corrected chi connectivity index (χ1v) is 17.1. The molecule has 0 spiro atoms. The van der Waals surface area contributed by atoms with Gasteiger partial charge in [-0.15, -0.1) is 0 Å². The fourth-order valence-electron chi connectivity index (χ4n) is 9.80. The lowest BCUT2D eigenvalue weighted by atomic mass is 9.46. The van der Waals surface area contributed by atoms with Crippen molar-refractivity contribution in [3.63, 3.8) is 0 Å². The third-order valence-corrected chi connectivity index (χ3v) is 12.5. The molecule has 4 aliphatic carbocycles. The summed E-state index contributed by atoms with van der Waals surface area (Å²) in [6, 6.07) is 5.20. The monoisotopic (exact) mass is 662 g/mol. The van der Waals surface area contributed by atoms with Crippen molar-refractivity contribution in [3.8, 4) is 5.75 Å². The van der Waals surface area contributed by atoms with Crippen molar-refractivity contribution < 1.29 is 43.7 Å². The molecule has 6 atom stereocenters.